The molecular weight excluding hydrogens is 216 g/mol. The van der Waals surface area contributed by atoms with E-state index in [0.29, 0.717) is 6.54 Å². The lowest BCUT2D eigenvalue weighted by molar-refractivity contribution is 0.934. The first kappa shape index (κ1) is 11.7. The van der Waals surface area contributed by atoms with Gasteiger partial charge in [0.25, 0.3) is 0 Å². The summed E-state index contributed by atoms with van der Waals surface area (Å²) >= 11 is 3.61. The minimum absolute atomic E-state index is 0.451. The third-order valence-corrected chi connectivity index (χ3v) is 3.92. The summed E-state index contributed by atoms with van der Waals surface area (Å²) in [5.41, 5.74) is 3.05. The zero-order valence-corrected chi connectivity index (χ0v) is 9.87. The molecule has 78 valence electrons. The zero-order chi connectivity index (χ0) is 10.2. The molecule has 5 heteroatoms. The lowest BCUT2D eigenvalue weighted by atomic mass is 10.3. The molecule has 0 atom stereocenters. The van der Waals surface area contributed by atoms with Crippen LogP contribution in [0.1, 0.15) is 17.0 Å². The van der Waals surface area contributed by atoms with Crippen molar-refractivity contribution in [2.45, 2.75) is 19.8 Å². The number of aryl methyl sites for hydroxylation is 2. The number of nitrogens with zero attached hydrogens (tertiary/aromatic N) is 2. The van der Waals surface area contributed by atoms with Gasteiger partial charge in [0.1, 0.15) is 0 Å². The number of rotatable bonds is 7. The second kappa shape index (κ2) is 6.95. The van der Waals surface area contributed by atoms with Crippen molar-refractivity contribution >= 4 is 23.1 Å². The average molecular weight is 230 g/mol. The molecule has 0 N–H and O–H groups in total. The summed E-state index contributed by atoms with van der Waals surface area (Å²) in [6, 6.07) is 0. The third-order valence-electron chi connectivity index (χ3n) is 1.86. The molecule has 0 aliphatic rings. The van der Waals surface area contributed by atoms with Crippen LogP contribution in [0.4, 0.5) is 0 Å². The summed E-state index contributed by atoms with van der Waals surface area (Å²) in [6.45, 7) is 2.50. The Morgan fingerprint density at radius 1 is 1.57 bits per heavy atom. The van der Waals surface area contributed by atoms with Crippen LogP contribution < -0.4 is 0 Å². The molecule has 0 saturated heterocycles. The van der Waals surface area contributed by atoms with E-state index in [4.69, 9.17) is 0 Å². The maximum absolute atomic E-state index is 9.80. The van der Waals surface area contributed by atoms with Gasteiger partial charge in [0, 0.05) is 4.88 Å². The smallest absolute Gasteiger partial charge is 0.0819 e. The predicted octanol–water partition coefficient (Wildman–Crippen LogP) is 2.88. The molecule has 0 spiro atoms. The van der Waals surface area contributed by atoms with E-state index in [9.17, 15) is 4.91 Å². The molecule has 14 heavy (non-hydrogen) atoms. The van der Waals surface area contributed by atoms with Gasteiger partial charge in [-0.05, 0) is 31.3 Å². The summed E-state index contributed by atoms with van der Waals surface area (Å²) in [7, 11) is 0. The number of hydrogen-bond acceptors (Lipinski definition) is 5. The SMILES string of the molecule is Cc1ncsc1CCSCCCN=O. The second-order valence-corrected chi connectivity index (χ2v) is 5.09. The Bertz CT molecular complexity index is 276. The number of thioether (sulfide) groups is 1. The van der Waals surface area contributed by atoms with E-state index >= 15 is 0 Å². The first-order valence-electron chi connectivity index (χ1n) is 4.60. The topological polar surface area (TPSA) is 42.3 Å². The molecule has 1 heterocycles. The van der Waals surface area contributed by atoms with E-state index in [0.717, 1.165) is 30.0 Å². The predicted molar refractivity (Wildman–Crippen MR) is 63.2 cm³/mol. The molecule has 0 fully saturated rings. The van der Waals surface area contributed by atoms with Crippen molar-refractivity contribution in [3.8, 4) is 0 Å². The van der Waals surface area contributed by atoms with Crippen LogP contribution in [-0.4, -0.2) is 23.0 Å². The van der Waals surface area contributed by atoms with Gasteiger partial charge < -0.3 is 0 Å². The van der Waals surface area contributed by atoms with Gasteiger partial charge in [-0.15, -0.1) is 11.3 Å². The van der Waals surface area contributed by atoms with Gasteiger partial charge in [-0.1, -0.05) is 5.18 Å². The van der Waals surface area contributed by atoms with Crippen molar-refractivity contribution in [1.82, 2.24) is 4.98 Å². The average Bonchev–Trinajstić information content (AvgIpc) is 2.58. The van der Waals surface area contributed by atoms with Crippen LogP contribution in [0, 0.1) is 11.8 Å². The van der Waals surface area contributed by atoms with Crippen LogP contribution in [0.3, 0.4) is 0 Å². The fourth-order valence-corrected chi connectivity index (χ4v) is 2.86. The quantitative estimate of drug-likeness (QED) is 0.534. The molecule has 1 rings (SSSR count). The lowest BCUT2D eigenvalue weighted by Crippen LogP contribution is -1.91. The Morgan fingerprint density at radius 2 is 2.43 bits per heavy atom. The summed E-state index contributed by atoms with van der Waals surface area (Å²) < 4.78 is 0. The molecule has 0 aliphatic heterocycles. The molecule has 0 aliphatic carbocycles. The van der Waals surface area contributed by atoms with E-state index in [1.54, 1.807) is 11.3 Å². The van der Waals surface area contributed by atoms with Crippen LogP contribution in [0.25, 0.3) is 0 Å². The van der Waals surface area contributed by atoms with Crippen LogP contribution in [-0.2, 0) is 6.42 Å². The van der Waals surface area contributed by atoms with Crippen molar-refractivity contribution < 1.29 is 0 Å². The highest BCUT2D eigenvalue weighted by atomic mass is 32.2. The highest BCUT2D eigenvalue weighted by molar-refractivity contribution is 7.99. The van der Waals surface area contributed by atoms with E-state index in [-0.39, 0.29) is 0 Å². The molecule has 3 nitrogen and oxygen atoms in total. The fourth-order valence-electron chi connectivity index (χ4n) is 1.06. The van der Waals surface area contributed by atoms with Gasteiger partial charge in [-0.25, -0.2) is 4.98 Å². The second-order valence-electron chi connectivity index (χ2n) is 2.93. The summed E-state index contributed by atoms with van der Waals surface area (Å²) in [5.74, 6) is 2.14. The van der Waals surface area contributed by atoms with Crippen LogP contribution >= 0.6 is 23.1 Å². The highest BCUT2D eigenvalue weighted by Gasteiger charge is 2.00. The highest BCUT2D eigenvalue weighted by Crippen LogP contribution is 2.15. The normalized spacial score (nSPS) is 10.4. The Hall–Kier alpha value is -0.420. The molecule has 1 aromatic heterocycles. The standard InChI is InChI=1S/C9H14N2OS2/c1-8-9(14-7-10-8)3-6-13-5-2-4-11-12/h7H,2-6H2,1H3. The maximum Gasteiger partial charge on any atom is 0.0819 e. The van der Waals surface area contributed by atoms with Gasteiger partial charge >= 0.3 is 0 Å². The Kier molecular flexibility index (Phi) is 5.78. The molecule has 0 unspecified atom stereocenters. The third kappa shape index (κ3) is 4.19. The van der Waals surface area contributed by atoms with E-state index < -0.39 is 0 Å². The minimum atomic E-state index is 0.451. The minimum Gasteiger partial charge on any atom is -0.250 e. The fraction of sp³-hybridized carbons (Fsp3) is 0.667. The van der Waals surface area contributed by atoms with Gasteiger partial charge in [0.2, 0.25) is 0 Å². The van der Waals surface area contributed by atoms with Gasteiger partial charge in [-0.2, -0.15) is 16.7 Å². The van der Waals surface area contributed by atoms with Crippen LogP contribution in [0.5, 0.6) is 0 Å². The first-order valence-corrected chi connectivity index (χ1v) is 6.64. The molecule has 0 aromatic carbocycles. The molecular formula is C9H14N2OS2. The largest absolute Gasteiger partial charge is 0.250 e. The molecule has 1 aromatic rings. The number of nitroso groups, excluding NO2 is 1. The van der Waals surface area contributed by atoms with Crippen molar-refractivity contribution in [2.75, 3.05) is 18.1 Å². The monoisotopic (exact) mass is 230 g/mol. The van der Waals surface area contributed by atoms with Crippen LogP contribution in [0.15, 0.2) is 10.7 Å². The number of aromatic nitrogens is 1. The Labute approximate surface area is 92.3 Å². The molecule has 0 radical (unpaired) electrons. The van der Waals surface area contributed by atoms with Crippen molar-refractivity contribution in [1.29, 1.82) is 0 Å². The zero-order valence-electron chi connectivity index (χ0n) is 8.23. The lowest BCUT2D eigenvalue weighted by Gasteiger charge is -1.98. The van der Waals surface area contributed by atoms with Crippen molar-refractivity contribution in [3.05, 3.63) is 21.0 Å². The Balaban J connectivity index is 2.04. The van der Waals surface area contributed by atoms with Crippen molar-refractivity contribution in [3.63, 3.8) is 0 Å². The summed E-state index contributed by atoms with van der Waals surface area (Å²) in [6.07, 6.45) is 1.99. The van der Waals surface area contributed by atoms with E-state index in [1.807, 2.05) is 24.2 Å². The van der Waals surface area contributed by atoms with Gasteiger partial charge in [0.05, 0.1) is 17.7 Å². The van der Waals surface area contributed by atoms with Gasteiger partial charge in [-0.3, -0.25) is 0 Å². The number of hydrogen-bond donors (Lipinski definition) is 0. The maximum atomic E-state index is 9.80. The Morgan fingerprint density at radius 3 is 3.07 bits per heavy atom. The van der Waals surface area contributed by atoms with Crippen molar-refractivity contribution in [2.24, 2.45) is 5.18 Å². The summed E-state index contributed by atoms with van der Waals surface area (Å²) in [4.78, 5) is 15.4. The van der Waals surface area contributed by atoms with Crippen LogP contribution in [0.2, 0.25) is 0 Å². The van der Waals surface area contributed by atoms with E-state index in [1.165, 1.54) is 4.88 Å². The molecule has 0 saturated carbocycles. The summed E-state index contributed by atoms with van der Waals surface area (Å²) in [5, 5.41) is 2.83. The van der Waals surface area contributed by atoms with E-state index in [2.05, 4.69) is 10.2 Å². The number of thiazole rings is 1. The first-order chi connectivity index (χ1) is 6.84. The molecule has 0 amide bonds. The molecule has 0 bridgehead atoms. The van der Waals surface area contributed by atoms with Gasteiger partial charge in [0.15, 0.2) is 0 Å².